The molecule has 0 saturated heterocycles. The third-order valence-corrected chi connectivity index (χ3v) is 1.81. The van der Waals surface area contributed by atoms with Gasteiger partial charge in [0.2, 0.25) is 0 Å². The molecule has 0 fully saturated rings. The molecule has 14 heavy (non-hydrogen) atoms. The predicted octanol–water partition coefficient (Wildman–Crippen LogP) is 1.07. The van der Waals surface area contributed by atoms with Crippen LogP contribution >= 0.6 is 0 Å². The first-order valence-corrected chi connectivity index (χ1v) is 4.04. The van der Waals surface area contributed by atoms with Crippen molar-refractivity contribution in [2.45, 2.75) is 12.5 Å². The standard InChI is InChI=1S/C10H9NO3/c11-6-7-3-1-2-4-8(7)9(12)5-10(13)14/h1-4,9,12H,5H2,(H,13,14)/t9-/m0/s1. The van der Waals surface area contributed by atoms with Gasteiger partial charge < -0.3 is 10.2 Å². The largest absolute Gasteiger partial charge is 0.481 e. The molecule has 2 N–H and O–H groups in total. The SMILES string of the molecule is N#Cc1ccccc1[C@@H](O)CC(=O)O. The van der Waals surface area contributed by atoms with Crippen LogP contribution in [0, 0.1) is 11.3 Å². The smallest absolute Gasteiger partial charge is 0.306 e. The van der Waals surface area contributed by atoms with E-state index in [2.05, 4.69) is 0 Å². The fourth-order valence-electron chi connectivity index (χ4n) is 1.16. The molecule has 1 aromatic carbocycles. The van der Waals surface area contributed by atoms with Crippen molar-refractivity contribution in [2.75, 3.05) is 0 Å². The zero-order valence-corrected chi connectivity index (χ0v) is 7.34. The van der Waals surface area contributed by atoms with Crippen molar-refractivity contribution in [3.05, 3.63) is 35.4 Å². The van der Waals surface area contributed by atoms with Crippen molar-refractivity contribution in [3.63, 3.8) is 0 Å². The molecular formula is C10H9NO3. The average Bonchev–Trinajstić information content (AvgIpc) is 2.16. The van der Waals surface area contributed by atoms with Crippen LogP contribution in [0.15, 0.2) is 24.3 Å². The first kappa shape index (κ1) is 10.2. The maximum absolute atomic E-state index is 10.3. The van der Waals surface area contributed by atoms with Gasteiger partial charge in [0.05, 0.1) is 24.2 Å². The zero-order chi connectivity index (χ0) is 10.6. The van der Waals surface area contributed by atoms with E-state index in [9.17, 15) is 9.90 Å². The lowest BCUT2D eigenvalue weighted by Gasteiger charge is -2.09. The molecule has 0 saturated carbocycles. The van der Waals surface area contributed by atoms with Crippen LogP contribution in [-0.4, -0.2) is 16.2 Å². The number of carbonyl (C=O) groups is 1. The van der Waals surface area contributed by atoms with E-state index in [0.29, 0.717) is 11.1 Å². The van der Waals surface area contributed by atoms with Gasteiger partial charge in [0.1, 0.15) is 0 Å². The Kier molecular flexibility index (Phi) is 3.21. The number of hydrogen-bond donors (Lipinski definition) is 2. The molecule has 72 valence electrons. The number of aliphatic hydroxyl groups excluding tert-OH is 1. The van der Waals surface area contributed by atoms with E-state index in [4.69, 9.17) is 10.4 Å². The van der Waals surface area contributed by atoms with E-state index in [1.54, 1.807) is 24.3 Å². The second-order valence-electron chi connectivity index (χ2n) is 2.81. The fraction of sp³-hybridized carbons (Fsp3) is 0.200. The van der Waals surface area contributed by atoms with E-state index in [1.165, 1.54) is 0 Å². The second-order valence-corrected chi connectivity index (χ2v) is 2.81. The summed E-state index contributed by atoms with van der Waals surface area (Å²) in [5.74, 6) is -1.09. The van der Waals surface area contributed by atoms with Gasteiger partial charge in [-0.25, -0.2) is 0 Å². The van der Waals surface area contributed by atoms with Gasteiger partial charge in [-0.3, -0.25) is 4.79 Å². The Bertz CT molecular complexity index is 381. The Balaban J connectivity index is 2.95. The summed E-state index contributed by atoms with van der Waals surface area (Å²) in [6.45, 7) is 0. The summed E-state index contributed by atoms with van der Waals surface area (Å²) in [5, 5.41) is 26.6. The minimum Gasteiger partial charge on any atom is -0.481 e. The fourth-order valence-corrected chi connectivity index (χ4v) is 1.16. The number of nitriles is 1. The number of aliphatic carboxylic acids is 1. The van der Waals surface area contributed by atoms with Gasteiger partial charge in [-0.1, -0.05) is 18.2 Å². The highest BCUT2D eigenvalue weighted by Gasteiger charge is 2.14. The molecule has 4 nitrogen and oxygen atoms in total. The highest BCUT2D eigenvalue weighted by atomic mass is 16.4. The molecule has 0 aliphatic heterocycles. The minimum atomic E-state index is -1.12. The van der Waals surface area contributed by atoms with E-state index in [1.807, 2.05) is 6.07 Å². The number of benzene rings is 1. The topological polar surface area (TPSA) is 81.3 Å². The Morgan fingerprint density at radius 1 is 1.50 bits per heavy atom. The van der Waals surface area contributed by atoms with Crippen molar-refractivity contribution >= 4 is 5.97 Å². The van der Waals surface area contributed by atoms with Crippen LogP contribution in [0.1, 0.15) is 23.7 Å². The number of hydrogen-bond acceptors (Lipinski definition) is 3. The summed E-state index contributed by atoms with van der Waals surface area (Å²) in [4.78, 5) is 10.3. The maximum atomic E-state index is 10.3. The van der Waals surface area contributed by atoms with Crippen molar-refractivity contribution in [2.24, 2.45) is 0 Å². The number of carboxylic acids is 1. The minimum absolute atomic E-state index is 0.307. The average molecular weight is 191 g/mol. The third-order valence-electron chi connectivity index (χ3n) is 1.81. The molecule has 0 bridgehead atoms. The van der Waals surface area contributed by atoms with Gasteiger partial charge in [0.15, 0.2) is 0 Å². The Labute approximate surface area is 81.0 Å². The van der Waals surface area contributed by atoms with Crippen molar-refractivity contribution in [1.82, 2.24) is 0 Å². The summed E-state index contributed by atoms with van der Waals surface area (Å²) in [7, 11) is 0. The van der Waals surface area contributed by atoms with Gasteiger partial charge in [-0.15, -0.1) is 0 Å². The molecule has 0 amide bonds. The van der Waals surface area contributed by atoms with Crippen LogP contribution < -0.4 is 0 Å². The first-order valence-electron chi connectivity index (χ1n) is 4.04. The highest BCUT2D eigenvalue weighted by Crippen LogP contribution is 2.19. The van der Waals surface area contributed by atoms with E-state index in [-0.39, 0.29) is 0 Å². The number of aliphatic hydroxyl groups is 1. The van der Waals surface area contributed by atoms with E-state index < -0.39 is 18.5 Å². The van der Waals surface area contributed by atoms with Crippen LogP contribution in [0.2, 0.25) is 0 Å². The highest BCUT2D eigenvalue weighted by molar-refractivity contribution is 5.67. The van der Waals surface area contributed by atoms with Gasteiger partial charge >= 0.3 is 5.97 Å². The summed E-state index contributed by atoms with van der Waals surface area (Å²) >= 11 is 0. The molecule has 1 rings (SSSR count). The van der Waals surface area contributed by atoms with E-state index >= 15 is 0 Å². The van der Waals surface area contributed by atoms with Gasteiger partial charge in [0, 0.05) is 0 Å². The Morgan fingerprint density at radius 2 is 2.14 bits per heavy atom. The molecule has 0 aliphatic rings. The normalized spacial score (nSPS) is 11.7. The van der Waals surface area contributed by atoms with Crippen molar-refractivity contribution < 1.29 is 15.0 Å². The summed E-state index contributed by atoms with van der Waals surface area (Å²) < 4.78 is 0. The predicted molar refractivity (Wildman–Crippen MR) is 48.4 cm³/mol. The first-order chi connectivity index (χ1) is 6.65. The summed E-state index contributed by atoms with van der Waals surface area (Å²) in [5.41, 5.74) is 0.665. The number of nitrogens with zero attached hydrogens (tertiary/aromatic N) is 1. The van der Waals surface area contributed by atoms with Crippen LogP contribution in [-0.2, 0) is 4.79 Å². The zero-order valence-electron chi connectivity index (χ0n) is 7.34. The molecular weight excluding hydrogens is 182 g/mol. The lowest BCUT2D eigenvalue weighted by molar-refractivity contribution is -0.139. The van der Waals surface area contributed by atoms with Crippen LogP contribution in [0.25, 0.3) is 0 Å². The monoisotopic (exact) mass is 191 g/mol. The maximum Gasteiger partial charge on any atom is 0.306 e. The van der Waals surface area contributed by atoms with Crippen molar-refractivity contribution in [3.8, 4) is 6.07 Å². The Hall–Kier alpha value is -1.86. The third kappa shape index (κ3) is 2.31. The van der Waals surface area contributed by atoms with Crippen LogP contribution in [0.4, 0.5) is 0 Å². The van der Waals surface area contributed by atoms with Crippen LogP contribution in [0.3, 0.4) is 0 Å². The summed E-state index contributed by atoms with van der Waals surface area (Å²) in [6.07, 6.45) is -1.51. The van der Waals surface area contributed by atoms with E-state index in [0.717, 1.165) is 0 Å². The van der Waals surface area contributed by atoms with Crippen molar-refractivity contribution in [1.29, 1.82) is 5.26 Å². The number of carboxylic acid groups (broad SMARTS) is 1. The molecule has 0 heterocycles. The molecule has 0 unspecified atom stereocenters. The molecule has 1 atom stereocenters. The molecule has 4 heteroatoms. The summed E-state index contributed by atoms with van der Waals surface area (Å²) in [6, 6.07) is 8.30. The second kappa shape index (κ2) is 4.40. The molecule has 0 aromatic heterocycles. The molecule has 0 spiro atoms. The Morgan fingerprint density at radius 3 is 2.71 bits per heavy atom. The van der Waals surface area contributed by atoms with Crippen LogP contribution in [0.5, 0.6) is 0 Å². The van der Waals surface area contributed by atoms with Gasteiger partial charge in [-0.2, -0.15) is 5.26 Å². The lowest BCUT2D eigenvalue weighted by atomic mass is 10.0. The molecule has 0 aliphatic carbocycles. The lowest BCUT2D eigenvalue weighted by Crippen LogP contribution is -2.06. The van der Waals surface area contributed by atoms with Gasteiger partial charge in [0.25, 0.3) is 0 Å². The quantitative estimate of drug-likeness (QED) is 0.748. The molecule has 1 aromatic rings. The number of rotatable bonds is 3. The van der Waals surface area contributed by atoms with Gasteiger partial charge in [-0.05, 0) is 11.6 Å². The molecule has 0 radical (unpaired) electrons.